The van der Waals surface area contributed by atoms with Crippen LogP contribution in [0.3, 0.4) is 0 Å². The van der Waals surface area contributed by atoms with E-state index >= 15 is 0 Å². The van der Waals surface area contributed by atoms with Crippen molar-refractivity contribution in [1.82, 2.24) is 14.9 Å². The van der Waals surface area contributed by atoms with Crippen molar-refractivity contribution in [3.8, 4) is 0 Å². The van der Waals surface area contributed by atoms with E-state index in [1.807, 2.05) is 32.0 Å². The molecule has 3 rings (SSSR count). The molecule has 0 radical (unpaired) electrons. The van der Waals surface area contributed by atoms with Crippen LogP contribution in [0, 0.1) is 13.8 Å². The van der Waals surface area contributed by atoms with Gasteiger partial charge < -0.3 is 15.1 Å². The highest BCUT2D eigenvalue weighted by Gasteiger charge is 2.16. The summed E-state index contributed by atoms with van der Waals surface area (Å²) in [6.45, 7) is 7.84. The van der Waals surface area contributed by atoms with E-state index in [1.54, 1.807) is 0 Å². The van der Waals surface area contributed by atoms with E-state index in [9.17, 15) is 4.79 Å². The normalized spacial score (nSPS) is 15.1. The number of aromatic nitrogens is 2. The van der Waals surface area contributed by atoms with Crippen molar-refractivity contribution in [3.05, 3.63) is 41.7 Å². The molecule has 0 aliphatic carbocycles. The standard InChI is InChI=1S/C18H24N6O/c1-13-8-14(2)10-15(9-13)21-18(25)22-16-11-17(20-12-19-16)24-6-4-23(3)5-7-24/h8-12H,4-7H2,1-3H3,(H2,19,20,21,22,25). The molecule has 0 saturated carbocycles. The smallest absolute Gasteiger partial charge is 0.324 e. The third-order valence-electron chi connectivity index (χ3n) is 4.20. The first-order chi connectivity index (χ1) is 12.0. The Morgan fingerprint density at radius 1 is 0.960 bits per heavy atom. The Hall–Kier alpha value is -2.67. The molecule has 1 saturated heterocycles. The molecule has 1 fully saturated rings. The second-order valence-electron chi connectivity index (χ2n) is 6.51. The fraction of sp³-hybridized carbons (Fsp3) is 0.389. The number of rotatable bonds is 3. The summed E-state index contributed by atoms with van der Waals surface area (Å²) >= 11 is 0. The van der Waals surface area contributed by atoms with E-state index in [2.05, 4.69) is 43.5 Å². The van der Waals surface area contributed by atoms with Crippen LogP contribution in [0.25, 0.3) is 0 Å². The van der Waals surface area contributed by atoms with Gasteiger partial charge in [0.1, 0.15) is 18.0 Å². The second-order valence-corrected chi connectivity index (χ2v) is 6.51. The van der Waals surface area contributed by atoms with Gasteiger partial charge in [0.05, 0.1) is 0 Å². The monoisotopic (exact) mass is 340 g/mol. The minimum absolute atomic E-state index is 0.312. The summed E-state index contributed by atoms with van der Waals surface area (Å²) in [7, 11) is 2.11. The van der Waals surface area contributed by atoms with Gasteiger partial charge in [-0.05, 0) is 44.2 Å². The van der Waals surface area contributed by atoms with Crippen molar-refractivity contribution in [2.24, 2.45) is 0 Å². The molecule has 1 aromatic heterocycles. The first kappa shape index (κ1) is 17.2. The lowest BCUT2D eigenvalue weighted by molar-refractivity contribution is 0.262. The number of anilines is 3. The molecule has 132 valence electrons. The second kappa shape index (κ2) is 7.48. The maximum atomic E-state index is 12.2. The van der Waals surface area contributed by atoms with E-state index < -0.39 is 0 Å². The summed E-state index contributed by atoms with van der Waals surface area (Å²) in [6.07, 6.45) is 1.49. The van der Waals surface area contributed by atoms with Crippen LogP contribution in [0.4, 0.5) is 22.1 Å². The molecule has 0 unspecified atom stereocenters. The number of likely N-dealkylation sites (N-methyl/N-ethyl adjacent to an activating group) is 1. The van der Waals surface area contributed by atoms with E-state index in [-0.39, 0.29) is 6.03 Å². The molecule has 0 spiro atoms. The van der Waals surface area contributed by atoms with Gasteiger partial charge in [-0.15, -0.1) is 0 Å². The zero-order chi connectivity index (χ0) is 17.8. The summed E-state index contributed by atoms with van der Waals surface area (Å²) in [6, 6.07) is 7.43. The Kier molecular flexibility index (Phi) is 5.14. The fourth-order valence-electron chi connectivity index (χ4n) is 2.95. The third kappa shape index (κ3) is 4.67. The van der Waals surface area contributed by atoms with Crippen LogP contribution in [0.15, 0.2) is 30.6 Å². The van der Waals surface area contributed by atoms with Crippen molar-refractivity contribution >= 4 is 23.4 Å². The highest BCUT2D eigenvalue weighted by molar-refractivity contribution is 5.99. The predicted molar refractivity (Wildman–Crippen MR) is 100 cm³/mol. The minimum Gasteiger partial charge on any atom is -0.354 e. The molecule has 2 heterocycles. The first-order valence-electron chi connectivity index (χ1n) is 8.41. The Morgan fingerprint density at radius 3 is 2.32 bits per heavy atom. The number of hydrogen-bond donors (Lipinski definition) is 2. The Morgan fingerprint density at radius 2 is 1.64 bits per heavy atom. The predicted octanol–water partition coefficient (Wildman–Crippen LogP) is 2.49. The van der Waals surface area contributed by atoms with Gasteiger partial charge in [-0.3, -0.25) is 5.32 Å². The number of aryl methyl sites for hydroxylation is 2. The van der Waals surface area contributed by atoms with Gasteiger partial charge in [-0.1, -0.05) is 6.07 Å². The van der Waals surface area contributed by atoms with Crippen LogP contribution in [0.2, 0.25) is 0 Å². The van der Waals surface area contributed by atoms with Crippen molar-refractivity contribution in [2.45, 2.75) is 13.8 Å². The zero-order valence-corrected chi connectivity index (χ0v) is 14.9. The largest absolute Gasteiger partial charge is 0.354 e. The van der Waals surface area contributed by atoms with Crippen molar-refractivity contribution in [3.63, 3.8) is 0 Å². The summed E-state index contributed by atoms with van der Waals surface area (Å²) in [5.41, 5.74) is 2.98. The fourth-order valence-corrected chi connectivity index (χ4v) is 2.95. The SMILES string of the molecule is Cc1cc(C)cc(NC(=O)Nc2cc(N3CCN(C)CC3)ncn2)c1. The van der Waals surface area contributed by atoms with Crippen molar-refractivity contribution in [2.75, 3.05) is 48.8 Å². The van der Waals surface area contributed by atoms with Crippen LogP contribution in [-0.2, 0) is 0 Å². The molecule has 7 nitrogen and oxygen atoms in total. The molecule has 2 amide bonds. The topological polar surface area (TPSA) is 73.4 Å². The zero-order valence-electron chi connectivity index (χ0n) is 14.9. The summed E-state index contributed by atoms with van der Waals surface area (Å²) in [5.74, 6) is 1.33. The molecule has 2 aromatic rings. The molecule has 25 heavy (non-hydrogen) atoms. The number of piperazine rings is 1. The first-order valence-corrected chi connectivity index (χ1v) is 8.41. The lowest BCUT2D eigenvalue weighted by atomic mass is 10.1. The van der Waals surface area contributed by atoms with E-state index in [1.165, 1.54) is 6.33 Å². The van der Waals surface area contributed by atoms with Crippen LogP contribution >= 0.6 is 0 Å². The van der Waals surface area contributed by atoms with Crippen molar-refractivity contribution < 1.29 is 4.79 Å². The average Bonchev–Trinajstić information content (AvgIpc) is 2.54. The molecule has 7 heteroatoms. The number of benzene rings is 1. The molecule has 0 bridgehead atoms. The average molecular weight is 340 g/mol. The Bertz CT molecular complexity index is 735. The third-order valence-corrected chi connectivity index (χ3v) is 4.20. The van der Waals surface area contributed by atoms with Gasteiger partial charge in [-0.2, -0.15) is 0 Å². The van der Waals surface area contributed by atoms with E-state index in [4.69, 9.17) is 0 Å². The maximum absolute atomic E-state index is 12.2. The van der Waals surface area contributed by atoms with Gasteiger partial charge in [0.2, 0.25) is 0 Å². The van der Waals surface area contributed by atoms with Crippen LogP contribution in [-0.4, -0.2) is 54.1 Å². The molecular weight excluding hydrogens is 316 g/mol. The quantitative estimate of drug-likeness (QED) is 0.898. The lowest BCUT2D eigenvalue weighted by Crippen LogP contribution is -2.44. The van der Waals surface area contributed by atoms with Gasteiger partial charge in [-0.25, -0.2) is 14.8 Å². The summed E-state index contributed by atoms with van der Waals surface area (Å²) in [5, 5.41) is 5.63. The number of urea groups is 1. The number of nitrogens with zero attached hydrogens (tertiary/aromatic N) is 4. The highest BCUT2D eigenvalue weighted by Crippen LogP contribution is 2.17. The Balaban J connectivity index is 1.64. The van der Waals surface area contributed by atoms with Gasteiger partial charge >= 0.3 is 6.03 Å². The van der Waals surface area contributed by atoms with Gasteiger partial charge in [0.15, 0.2) is 0 Å². The summed E-state index contributed by atoms with van der Waals surface area (Å²) < 4.78 is 0. The molecule has 2 N–H and O–H groups in total. The molecule has 1 aliphatic heterocycles. The molecule has 0 atom stereocenters. The minimum atomic E-state index is -0.312. The number of carbonyl (C=O) groups is 1. The van der Waals surface area contributed by atoms with E-state index in [0.29, 0.717) is 5.82 Å². The van der Waals surface area contributed by atoms with Crippen molar-refractivity contribution in [1.29, 1.82) is 0 Å². The highest BCUT2D eigenvalue weighted by atomic mass is 16.2. The molecule has 1 aromatic carbocycles. The number of hydrogen-bond acceptors (Lipinski definition) is 5. The van der Waals surface area contributed by atoms with Gasteiger partial charge in [0.25, 0.3) is 0 Å². The Labute approximate surface area is 148 Å². The molecule has 1 aliphatic rings. The van der Waals surface area contributed by atoms with Gasteiger partial charge in [0, 0.05) is 37.9 Å². The van der Waals surface area contributed by atoms with Crippen LogP contribution in [0.5, 0.6) is 0 Å². The number of amides is 2. The van der Waals surface area contributed by atoms with E-state index in [0.717, 1.165) is 48.8 Å². The van der Waals surface area contributed by atoms with Crippen LogP contribution < -0.4 is 15.5 Å². The lowest BCUT2D eigenvalue weighted by Gasteiger charge is -2.33. The molecular formula is C18H24N6O. The van der Waals surface area contributed by atoms with Crippen LogP contribution in [0.1, 0.15) is 11.1 Å². The number of nitrogens with one attached hydrogen (secondary N) is 2. The number of carbonyl (C=O) groups excluding carboxylic acids is 1. The maximum Gasteiger partial charge on any atom is 0.324 e. The summed E-state index contributed by atoms with van der Waals surface area (Å²) in [4.78, 5) is 25.2.